The molecule has 0 radical (unpaired) electrons. The van der Waals surface area contributed by atoms with E-state index in [2.05, 4.69) is 43.6 Å². The summed E-state index contributed by atoms with van der Waals surface area (Å²) < 4.78 is 6.24. The lowest BCUT2D eigenvalue weighted by atomic mass is 10.1. The van der Waals surface area contributed by atoms with Crippen molar-refractivity contribution in [1.82, 2.24) is 5.32 Å². The maximum absolute atomic E-state index is 12.9. The van der Waals surface area contributed by atoms with E-state index in [0.29, 0.717) is 11.3 Å². The van der Waals surface area contributed by atoms with Crippen LogP contribution in [0.5, 0.6) is 5.75 Å². The van der Waals surface area contributed by atoms with Gasteiger partial charge in [0, 0.05) is 24.5 Å². The number of hydrogen-bond donors (Lipinski definition) is 2. The third-order valence-corrected chi connectivity index (χ3v) is 6.45. The van der Waals surface area contributed by atoms with E-state index < -0.39 is 0 Å². The van der Waals surface area contributed by atoms with Gasteiger partial charge in [-0.1, -0.05) is 24.3 Å². The highest BCUT2D eigenvalue weighted by molar-refractivity contribution is 9.10. The molecule has 1 heterocycles. The number of fused-ring (bicyclic) bond motifs is 1. The molecule has 0 aliphatic carbocycles. The van der Waals surface area contributed by atoms with Crippen LogP contribution in [0.2, 0.25) is 0 Å². The van der Waals surface area contributed by atoms with Crippen LogP contribution in [-0.2, 0) is 0 Å². The summed E-state index contributed by atoms with van der Waals surface area (Å²) in [6, 6.07) is 17.8. The molecular weight excluding hydrogens is 474 g/mol. The molecule has 4 rings (SSSR count). The quantitative estimate of drug-likeness (QED) is 0.450. The molecule has 160 valence electrons. The van der Waals surface area contributed by atoms with Gasteiger partial charge >= 0.3 is 0 Å². The summed E-state index contributed by atoms with van der Waals surface area (Å²) in [5, 5.41) is 8.00. The van der Waals surface area contributed by atoms with Gasteiger partial charge in [0.2, 0.25) is 0 Å². The molecule has 0 atom stereocenters. The molecule has 1 aliphatic rings. The molecule has 1 aliphatic heterocycles. The Kier molecular flexibility index (Phi) is 6.73. The standard InChI is InChI=1S/C24H24BrN3O2S/c1-30-22-20(15-16-7-3-4-8-19(16)21(22)25)23(29)27-24(31)26-17-9-11-18(12-10-17)28-13-5-2-6-14-28/h3-4,7-12,15H,2,5-6,13-14H2,1H3,(H2,26,27,29,31). The maximum Gasteiger partial charge on any atom is 0.261 e. The molecule has 0 saturated carbocycles. The second kappa shape index (κ2) is 9.66. The van der Waals surface area contributed by atoms with Gasteiger partial charge in [-0.25, -0.2) is 0 Å². The van der Waals surface area contributed by atoms with Gasteiger partial charge in [0.1, 0.15) is 5.75 Å². The molecule has 0 unspecified atom stereocenters. The number of carbonyl (C=O) groups excluding carboxylic acids is 1. The molecule has 0 bridgehead atoms. The van der Waals surface area contributed by atoms with Crippen molar-refractivity contribution in [2.75, 3.05) is 30.4 Å². The summed E-state index contributed by atoms with van der Waals surface area (Å²) in [5.74, 6) is 0.149. The van der Waals surface area contributed by atoms with Crippen LogP contribution in [-0.4, -0.2) is 31.2 Å². The van der Waals surface area contributed by atoms with Gasteiger partial charge in [0.15, 0.2) is 5.11 Å². The van der Waals surface area contributed by atoms with E-state index in [9.17, 15) is 4.79 Å². The SMILES string of the molecule is COc1c(C(=O)NC(=S)Nc2ccc(N3CCCCC3)cc2)cc2ccccc2c1Br. The fourth-order valence-corrected chi connectivity index (χ4v) is 4.84. The molecule has 2 N–H and O–H groups in total. The summed E-state index contributed by atoms with van der Waals surface area (Å²) in [6.45, 7) is 2.20. The lowest BCUT2D eigenvalue weighted by Gasteiger charge is -2.28. The van der Waals surface area contributed by atoms with Crippen molar-refractivity contribution in [3.63, 3.8) is 0 Å². The second-order valence-corrected chi connectivity index (χ2v) is 8.70. The first-order valence-electron chi connectivity index (χ1n) is 10.3. The third kappa shape index (κ3) is 4.83. The van der Waals surface area contributed by atoms with Crippen molar-refractivity contribution in [2.24, 2.45) is 0 Å². The van der Waals surface area contributed by atoms with E-state index in [0.717, 1.165) is 34.0 Å². The molecular formula is C24H24BrN3O2S. The predicted octanol–water partition coefficient (Wildman–Crippen LogP) is 5.73. The molecule has 3 aromatic carbocycles. The average molecular weight is 498 g/mol. The first-order valence-corrected chi connectivity index (χ1v) is 11.5. The number of amides is 1. The lowest BCUT2D eigenvalue weighted by Crippen LogP contribution is -2.34. The Hall–Kier alpha value is -2.64. The molecule has 3 aromatic rings. The first kappa shape index (κ1) is 21.6. The zero-order valence-corrected chi connectivity index (χ0v) is 19.7. The van der Waals surface area contributed by atoms with Crippen LogP contribution in [0.15, 0.2) is 59.1 Å². The van der Waals surface area contributed by atoms with Gasteiger partial charge in [-0.2, -0.15) is 0 Å². The summed E-state index contributed by atoms with van der Waals surface area (Å²) in [5.41, 5.74) is 2.46. The summed E-state index contributed by atoms with van der Waals surface area (Å²) in [7, 11) is 1.55. The van der Waals surface area contributed by atoms with Crippen LogP contribution in [0.1, 0.15) is 29.6 Å². The van der Waals surface area contributed by atoms with Gasteiger partial charge in [-0.3, -0.25) is 10.1 Å². The normalized spacial score (nSPS) is 13.7. The minimum Gasteiger partial charge on any atom is -0.495 e. The van der Waals surface area contributed by atoms with Crippen molar-refractivity contribution in [3.05, 3.63) is 64.6 Å². The monoisotopic (exact) mass is 497 g/mol. The Morgan fingerprint density at radius 3 is 2.48 bits per heavy atom. The van der Waals surface area contributed by atoms with Crippen molar-refractivity contribution >= 4 is 61.3 Å². The Morgan fingerprint density at radius 1 is 1.06 bits per heavy atom. The van der Waals surface area contributed by atoms with Crippen LogP contribution in [0, 0.1) is 0 Å². The van der Waals surface area contributed by atoms with E-state index in [4.69, 9.17) is 17.0 Å². The molecule has 0 aromatic heterocycles. The number of piperidine rings is 1. The molecule has 1 saturated heterocycles. The third-order valence-electron chi connectivity index (χ3n) is 5.46. The van der Waals surface area contributed by atoms with Crippen LogP contribution in [0.25, 0.3) is 10.8 Å². The Morgan fingerprint density at radius 2 is 1.77 bits per heavy atom. The summed E-state index contributed by atoms with van der Waals surface area (Å²) in [4.78, 5) is 15.3. The number of carbonyl (C=O) groups is 1. The van der Waals surface area contributed by atoms with Gasteiger partial charge in [-0.15, -0.1) is 0 Å². The van der Waals surface area contributed by atoms with Gasteiger partial charge in [0.25, 0.3) is 5.91 Å². The largest absolute Gasteiger partial charge is 0.495 e. The molecule has 0 spiro atoms. The zero-order valence-electron chi connectivity index (χ0n) is 17.3. The topological polar surface area (TPSA) is 53.6 Å². The Balaban J connectivity index is 1.46. The smallest absolute Gasteiger partial charge is 0.261 e. The van der Waals surface area contributed by atoms with Crippen LogP contribution < -0.4 is 20.3 Å². The van der Waals surface area contributed by atoms with E-state index in [1.54, 1.807) is 7.11 Å². The highest BCUT2D eigenvalue weighted by Crippen LogP contribution is 2.36. The Bertz CT molecular complexity index is 1110. The number of methoxy groups -OCH3 is 1. The molecule has 7 heteroatoms. The van der Waals surface area contributed by atoms with Crippen molar-refractivity contribution in [1.29, 1.82) is 0 Å². The summed E-state index contributed by atoms with van der Waals surface area (Å²) in [6.07, 6.45) is 3.79. The number of anilines is 2. The van der Waals surface area contributed by atoms with E-state index in [1.165, 1.54) is 24.9 Å². The number of benzene rings is 3. The van der Waals surface area contributed by atoms with E-state index >= 15 is 0 Å². The fourth-order valence-electron chi connectivity index (χ4n) is 3.89. The van der Waals surface area contributed by atoms with Gasteiger partial charge in [0.05, 0.1) is 17.1 Å². The van der Waals surface area contributed by atoms with Crippen LogP contribution in [0.3, 0.4) is 0 Å². The van der Waals surface area contributed by atoms with E-state index in [1.807, 2.05) is 42.5 Å². The number of nitrogens with one attached hydrogen (secondary N) is 2. The number of hydrogen-bond acceptors (Lipinski definition) is 4. The minimum absolute atomic E-state index is 0.238. The minimum atomic E-state index is -0.328. The van der Waals surface area contributed by atoms with Crippen molar-refractivity contribution in [3.8, 4) is 5.75 Å². The highest BCUT2D eigenvalue weighted by atomic mass is 79.9. The predicted molar refractivity (Wildman–Crippen MR) is 134 cm³/mol. The zero-order chi connectivity index (χ0) is 21.8. The second-order valence-electron chi connectivity index (χ2n) is 7.50. The summed E-state index contributed by atoms with van der Waals surface area (Å²) >= 11 is 8.94. The number of nitrogens with zero attached hydrogens (tertiary/aromatic N) is 1. The molecule has 31 heavy (non-hydrogen) atoms. The maximum atomic E-state index is 12.9. The van der Waals surface area contributed by atoms with Gasteiger partial charge < -0.3 is 15.0 Å². The average Bonchev–Trinajstić information content (AvgIpc) is 2.80. The Labute approximate surface area is 195 Å². The van der Waals surface area contributed by atoms with Gasteiger partial charge in [-0.05, 0) is 88.5 Å². The molecule has 1 fully saturated rings. The van der Waals surface area contributed by atoms with Crippen LogP contribution >= 0.6 is 28.1 Å². The van der Waals surface area contributed by atoms with Crippen molar-refractivity contribution < 1.29 is 9.53 Å². The molecule has 1 amide bonds. The number of ether oxygens (including phenoxy) is 1. The van der Waals surface area contributed by atoms with Crippen molar-refractivity contribution in [2.45, 2.75) is 19.3 Å². The van der Waals surface area contributed by atoms with Crippen LogP contribution in [0.4, 0.5) is 11.4 Å². The number of halogens is 1. The highest BCUT2D eigenvalue weighted by Gasteiger charge is 2.19. The van der Waals surface area contributed by atoms with E-state index in [-0.39, 0.29) is 11.0 Å². The number of rotatable bonds is 4. The molecule has 5 nitrogen and oxygen atoms in total. The first-order chi connectivity index (χ1) is 15.1. The number of thiocarbonyl (C=S) groups is 1. The lowest BCUT2D eigenvalue weighted by molar-refractivity contribution is 0.0975. The fraction of sp³-hybridized carbons (Fsp3) is 0.250.